The van der Waals surface area contributed by atoms with Crippen molar-refractivity contribution in [2.45, 2.75) is 57.2 Å². The van der Waals surface area contributed by atoms with Gasteiger partial charge in [-0.3, -0.25) is 4.98 Å². The zero-order valence-electron chi connectivity index (χ0n) is 18.8. The third-order valence-electron chi connectivity index (χ3n) is 6.20. The van der Waals surface area contributed by atoms with E-state index in [4.69, 9.17) is 4.74 Å². The minimum atomic E-state index is -4.95. The van der Waals surface area contributed by atoms with Gasteiger partial charge in [0.05, 0.1) is 23.3 Å². The number of fused-ring (bicyclic) bond motifs is 1. The van der Waals surface area contributed by atoms with Crippen LogP contribution in [0, 0.1) is 12.7 Å². The molecule has 3 atom stereocenters. The van der Waals surface area contributed by atoms with Crippen molar-refractivity contribution in [3.8, 4) is 0 Å². The van der Waals surface area contributed by atoms with Gasteiger partial charge in [0.25, 0.3) is 0 Å². The predicted octanol–water partition coefficient (Wildman–Crippen LogP) is 7.79. The summed E-state index contributed by atoms with van der Waals surface area (Å²) in [6.45, 7) is 3.30. The molecule has 0 bridgehead atoms. The molecule has 2 nitrogen and oxygen atoms in total. The molecule has 1 aliphatic carbocycles. The number of halogens is 7. The van der Waals surface area contributed by atoms with Gasteiger partial charge in [-0.05, 0) is 79.3 Å². The lowest BCUT2D eigenvalue weighted by molar-refractivity contribution is -0.143. The fourth-order valence-electron chi connectivity index (χ4n) is 4.51. The second kappa shape index (κ2) is 9.26. The van der Waals surface area contributed by atoms with Crippen LogP contribution in [-0.4, -0.2) is 11.1 Å². The van der Waals surface area contributed by atoms with Gasteiger partial charge in [-0.15, -0.1) is 0 Å². The molecule has 0 spiro atoms. The Morgan fingerprint density at radius 3 is 2.09 bits per heavy atom. The standard InChI is InChI=1S/C26H22F7NO/c1-14-9-21-22(34-13-14)7-8-23(24(21)16-3-5-20(27)6-4-16)35-15(2)17-10-18(25(28,29)30)12-19(11-17)26(31,32)33/h3-6,9-13,15,23-24H,7-8H2,1-2H3/t15?,23-,24-/m0/s1. The van der Waals surface area contributed by atoms with Crippen LogP contribution >= 0.6 is 0 Å². The van der Waals surface area contributed by atoms with Crippen LogP contribution < -0.4 is 0 Å². The van der Waals surface area contributed by atoms with Crippen LogP contribution in [0.25, 0.3) is 0 Å². The second-order valence-electron chi connectivity index (χ2n) is 8.77. The van der Waals surface area contributed by atoms with Crippen LogP contribution in [-0.2, 0) is 23.5 Å². The van der Waals surface area contributed by atoms with Crippen LogP contribution in [0.4, 0.5) is 30.7 Å². The zero-order chi connectivity index (χ0) is 25.5. The number of rotatable bonds is 4. The fraction of sp³-hybridized carbons (Fsp3) is 0.346. The van der Waals surface area contributed by atoms with Gasteiger partial charge >= 0.3 is 12.4 Å². The Balaban J connectivity index is 1.72. The van der Waals surface area contributed by atoms with E-state index in [9.17, 15) is 30.7 Å². The van der Waals surface area contributed by atoms with Gasteiger partial charge in [-0.25, -0.2) is 4.39 Å². The van der Waals surface area contributed by atoms with E-state index in [-0.39, 0.29) is 11.6 Å². The summed E-state index contributed by atoms with van der Waals surface area (Å²) in [5.41, 5.74) is 0.284. The van der Waals surface area contributed by atoms with Crippen molar-refractivity contribution in [2.75, 3.05) is 0 Å². The average Bonchev–Trinajstić information content (AvgIpc) is 2.78. The Labute approximate surface area is 197 Å². The molecule has 0 radical (unpaired) electrons. The normalized spacial score (nSPS) is 19.3. The fourth-order valence-corrected chi connectivity index (χ4v) is 4.51. The highest BCUT2D eigenvalue weighted by Crippen LogP contribution is 2.42. The van der Waals surface area contributed by atoms with Crippen molar-refractivity contribution in [2.24, 2.45) is 0 Å². The first-order valence-electron chi connectivity index (χ1n) is 11.0. The quantitative estimate of drug-likeness (QED) is 0.343. The summed E-state index contributed by atoms with van der Waals surface area (Å²) in [5, 5.41) is 0. The van der Waals surface area contributed by atoms with E-state index in [1.807, 2.05) is 13.0 Å². The van der Waals surface area contributed by atoms with Crippen LogP contribution in [0.5, 0.6) is 0 Å². The van der Waals surface area contributed by atoms with E-state index >= 15 is 0 Å². The van der Waals surface area contributed by atoms with Gasteiger partial charge in [0.2, 0.25) is 0 Å². The monoisotopic (exact) mass is 497 g/mol. The molecule has 3 aromatic rings. The summed E-state index contributed by atoms with van der Waals surface area (Å²) < 4.78 is 99.7. The Kier molecular flexibility index (Phi) is 6.66. The molecule has 0 aliphatic heterocycles. The lowest BCUT2D eigenvalue weighted by Gasteiger charge is -2.35. The molecule has 1 aliphatic rings. The largest absolute Gasteiger partial charge is 0.416 e. The lowest BCUT2D eigenvalue weighted by Crippen LogP contribution is -2.31. The molecule has 1 aromatic heterocycles. The molecule has 9 heteroatoms. The number of benzene rings is 2. The Morgan fingerprint density at radius 1 is 0.914 bits per heavy atom. The van der Waals surface area contributed by atoms with Crippen molar-refractivity contribution in [1.29, 1.82) is 0 Å². The Hall–Kier alpha value is -2.94. The molecule has 0 N–H and O–H groups in total. The molecule has 35 heavy (non-hydrogen) atoms. The van der Waals surface area contributed by atoms with Gasteiger partial charge in [0.1, 0.15) is 5.82 Å². The molecular weight excluding hydrogens is 475 g/mol. The first-order chi connectivity index (χ1) is 16.3. The maximum absolute atomic E-state index is 13.6. The van der Waals surface area contributed by atoms with E-state index in [1.165, 1.54) is 19.1 Å². The van der Waals surface area contributed by atoms with Crippen molar-refractivity contribution in [3.63, 3.8) is 0 Å². The van der Waals surface area contributed by atoms with Gasteiger partial charge in [-0.2, -0.15) is 26.3 Å². The molecule has 0 saturated carbocycles. The highest BCUT2D eigenvalue weighted by Gasteiger charge is 2.38. The van der Waals surface area contributed by atoms with E-state index < -0.39 is 47.4 Å². The van der Waals surface area contributed by atoms with Crippen molar-refractivity contribution in [1.82, 2.24) is 4.98 Å². The molecule has 0 saturated heterocycles. The van der Waals surface area contributed by atoms with Gasteiger partial charge in [0.15, 0.2) is 0 Å². The third kappa shape index (κ3) is 5.50. The Bertz CT molecular complexity index is 1170. The number of alkyl halides is 6. The van der Waals surface area contributed by atoms with Crippen molar-refractivity contribution < 1.29 is 35.5 Å². The molecule has 4 rings (SSSR count). The summed E-state index contributed by atoms with van der Waals surface area (Å²) in [4.78, 5) is 4.48. The molecule has 186 valence electrons. The van der Waals surface area contributed by atoms with Crippen LogP contribution in [0.3, 0.4) is 0 Å². The van der Waals surface area contributed by atoms with E-state index in [1.54, 1.807) is 18.3 Å². The first-order valence-corrected chi connectivity index (χ1v) is 11.0. The number of aryl methyl sites for hydroxylation is 2. The highest BCUT2D eigenvalue weighted by atomic mass is 19.4. The number of ether oxygens (including phenoxy) is 1. The predicted molar refractivity (Wildman–Crippen MR) is 115 cm³/mol. The highest BCUT2D eigenvalue weighted by molar-refractivity contribution is 5.41. The molecule has 0 amide bonds. The maximum Gasteiger partial charge on any atom is 0.416 e. The number of hydrogen-bond acceptors (Lipinski definition) is 2. The summed E-state index contributed by atoms with van der Waals surface area (Å²) >= 11 is 0. The van der Waals surface area contributed by atoms with Crippen LogP contribution in [0.2, 0.25) is 0 Å². The average molecular weight is 497 g/mol. The van der Waals surface area contributed by atoms with Gasteiger partial charge in [-0.1, -0.05) is 18.2 Å². The number of pyridine rings is 1. The van der Waals surface area contributed by atoms with Crippen molar-refractivity contribution in [3.05, 3.63) is 99.6 Å². The third-order valence-corrected chi connectivity index (χ3v) is 6.20. The van der Waals surface area contributed by atoms with Gasteiger partial charge in [0, 0.05) is 17.8 Å². The summed E-state index contributed by atoms with van der Waals surface area (Å²) in [5.74, 6) is -0.844. The molecular formula is C26H22F7NO. The number of nitrogens with zero attached hydrogens (tertiary/aromatic N) is 1. The summed E-state index contributed by atoms with van der Waals surface area (Å²) in [6.07, 6.45) is -8.83. The van der Waals surface area contributed by atoms with Crippen LogP contribution in [0.15, 0.2) is 54.7 Å². The minimum absolute atomic E-state index is 0.100. The Morgan fingerprint density at radius 2 is 1.51 bits per heavy atom. The molecule has 0 fully saturated rings. The van der Waals surface area contributed by atoms with E-state index in [2.05, 4.69) is 4.98 Å². The van der Waals surface area contributed by atoms with Gasteiger partial charge < -0.3 is 4.74 Å². The van der Waals surface area contributed by atoms with Crippen molar-refractivity contribution >= 4 is 0 Å². The van der Waals surface area contributed by atoms with Crippen LogP contribution in [0.1, 0.15) is 64.4 Å². The van der Waals surface area contributed by atoms with E-state index in [0.717, 1.165) is 22.4 Å². The maximum atomic E-state index is 13.6. The first kappa shape index (κ1) is 25.2. The topological polar surface area (TPSA) is 22.1 Å². The lowest BCUT2D eigenvalue weighted by atomic mass is 9.78. The molecule has 2 aromatic carbocycles. The SMILES string of the molecule is Cc1cnc2c(c1)[C@H](c1ccc(F)cc1)[C@@H](OC(C)c1cc(C(F)(F)F)cc(C(F)(F)F)c1)CC2. The summed E-state index contributed by atoms with van der Waals surface area (Å²) in [6, 6.07) is 9.22. The molecule has 1 unspecified atom stereocenters. The minimum Gasteiger partial charge on any atom is -0.370 e. The smallest absolute Gasteiger partial charge is 0.370 e. The second-order valence-corrected chi connectivity index (χ2v) is 8.77. The number of hydrogen-bond donors (Lipinski definition) is 0. The summed E-state index contributed by atoms with van der Waals surface area (Å²) in [7, 11) is 0. The van der Waals surface area contributed by atoms with E-state index in [0.29, 0.717) is 25.0 Å². The number of aromatic nitrogens is 1. The zero-order valence-corrected chi connectivity index (χ0v) is 18.8. The molecule has 1 heterocycles.